The number of benzene rings is 1. The molecule has 7 heteroatoms. The standard InChI is InChI=1S/C16H20N2O4S/c1-4-13-14(20)17-16(21)18(22-6-5-19)15(13)23-12-8-10(2)7-11(3)9-12/h7-9,19H,4-6H2,1-3H3,(H,17,20,21). The van der Waals surface area contributed by atoms with E-state index < -0.39 is 11.2 Å². The van der Waals surface area contributed by atoms with Crippen molar-refractivity contribution in [1.29, 1.82) is 0 Å². The molecule has 2 aromatic rings. The van der Waals surface area contributed by atoms with Gasteiger partial charge in [-0.3, -0.25) is 9.78 Å². The number of hydrogen-bond acceptors (Lipinski definition) is 5. The van der Waals surface area contributed by atoms with Crippen LogP contribution >= 0.6 is 11.8 Å². The summed E-state index contributed by atoms with van der Waals surface area (Å²) in [6.07, 6.45) is 0.464. The van der Waals surface area contributed by atoms with E-state index in [9.17, 15) is 9.59 Å². The molecule has 0 amide bonds. The fourth-order valence-electron chi connectivity index (χ4n) is 2.30. The zero-order chi connectivity index (χ0) is 17.0. The maximum absolute atomic E-state index is 12.1. The van der Waals surface area contributed by atoms with Crippen molar-refractivity contribution in [2.45, 2.75) is 37.1 Å². The van der Waals surface area contributed by atoms with E-state index in [0.29, 0.717) is 17.0 Å². The van der Waals surface area contributed by atoms with Crippen molar-refractivity contribution in [2.24, 2.45) is 0 Å². The zero-order valence-electron chi connectivity index (χ0n) is 13.4. The highest BCUT2D eigenvalue weighted by atomic mass is 32.2. The van der Waals surface area contributed by atoms with Crippen LogP contribution in [0.5, 0.6) is 0 Å². The average molecular weight is 336 g/mol. The number of aromatic amines is 1. The van der Waals surface area contributed by atoms with Gasteiger partial charge >= 0.3 is 5.69 Å². The molecule has 0 bridgehead atoms. The average Bonchev–Trinajstić information content (AvgIpc) is 2.46. The van der Waals surface area contributed by atoms with E-state index in [0.717, 1.165) is 20.8 Å². The second-order valence-electron chi connectivity index (χ2n) is 5.17. The lowest BCUT2D eigenvalue weighted by atomic mass is 10.2. The molecule has 0 saturated heterocycles. The molecule has 0 aliphatic rings. The van der Waals surface area contributed by atoms with Gasteiger partial charge in [-0.2, -0.15) is 0 Å². The summed E-state index contributed by atoms with van der Waals surface area (Å²) in [6, 6.07) is 6.02. The van der Waals surface area contributed by atoms with Crippen LogP contribution in [0, 0.1) is 13.8 Å². The Kier molecular flexibility index (Phi) is 5.68. The number of aliphatic hydroxyl groups is 1. The molecular formula is C16H20N2O4S. The Bertz CT molecular complexity index is 790. The molecule has 1 heterocycles. The zero-order valence-corrected chi connectivity index (χ0v) is 14.2. The van der Waals surface area contributed by atoms with E-state index in [-0.39, 0.29) is 13.2 Å². The van der Waals surface area contributed by atoms with Gasteiger partial charge < -0.3 is 9.94 Å². The lowest BCUT2D eigenvalue weighted by Gasteiger charge is -2.15. The number of hydrogen-bond donors (Lipinski definition) is 2. The maximum Gasteiger partial charge on any atom is 0.362 e. The minimum absolute atomic E-state index is 0.0322. The molecule has 0 fully saturated rings. The van der Waals surface area contributed by atoms with Crippen molar-refractivity contribution >= 4 is 11.8 Å². The molecule has 2 N–H and O–H groups in total. The van der Waals surface area contributed by atoms with Gasteiger partial charge in [0.2, 0.25) is 0 Å². The van der Waals surface area contributed by atoms with Crippen molar-refractivity contribution in [3.05, 3.63) is 55.7 Å². The summed E-state index contributed by atoms with van der Waals surface area (Å²) in [4.78, 5) is 32.6. The predicted molar refractivity (Wildman–Crippen MR) is 89.3 cm³/mol. The van der Waals surface area contributed by atoms with Crippen LogP contribution < -0.4 is 16.1 Å². The summed E-state index contributed by atoms with van der Waals surface area (Å²) < 4.78 is 1.05. The summed E-state index contributed by atoms with van der Waals surface area (Å²) in [6.45, 7) is 5.57. The Hall–Kier alpha value is -1.99. The maximum atomic E-state index is 12.1. The van der Waals surface area contributed by atoms with Crippen molar-refractivity contribution in [1.82, 2.24) is 9.71 Å². The fraction of sp³-hybridized carbons (Fsp3) is 0.375. The number of nitrogens with one attached hydrogen (secondary N) is 1. The summed E-state index contributed by atoms with van der Waals surface area (Å²) in [5.41, 5.74) is 1.62. The summed E-state index contributed by atoms with van der Waals surface area (Å²) in [5, 5.41) is 9.38. The molecule has 0 atom stereocenters. The van der Waals surface area contributed by atoms with Gasteiger partial charge in [-0.15, -0.1) is 4.73 Å². The van der Waals surface area contributed by atoms with Gasteiger partial charge in [0.1, 0.15) is 11.6 Å². The first-order chi connectivity index (χ1) is 11.0. The number of rotatable bonds is 6. The van der Waals surface area contributed by atoms with Crippen LogP contribution in [0.25, 0.3) is 0 Å². The smallest absolute Gasteiger partial charge is 0.362 e. The third-order valence-corrected chi connectivity index (χ3v) is 4.27. The number of H-pyrrole nitrogens is 1. The molecule has 1 aromatic carbocycles. The lowest BCUT2D eigenvalue weighted by Crippen LogP contribution is -2.38. The molecule has 2 rings (SSSR count). The van der Waals surface area contributed by atoms with Crippen LogP contribution in [-0.4, -0.2) is 28.0 Å². The van der Waals surface area contributed by atoms with Crippen LogP contribution in [0.3, 0.4) is 0 Å². The number of nitrogens with zero attached hydrogens (tertiary/aromatic N) is 1. The van der Waals surface area contributed by atoms with Crippen molar-refractivity contribution in [2.75, 3.05) is 13.2 Å². The van der Waals surface area contributed by atoms with Gasteiger partial charge in [0.15, 0.2) is 0 Å². The first-order valence-electron chi connectivity index (χ1n) is 7.34. The first kappa shape index (κ1) is 17.4. The van der Waals surface area contributed by atoms with E-state index in [4.69, 9.17) is 9.94 Å². The highest BCUT2D eigenvalue weighted by molar-refractivity contribution is 7.99. The summed E-state index contributed by atoms with van der Waals surface area (Å²) >= 11 is 1.31. The largest absolute Gasteiger partial charge is 0.406 e. The Morgan fingerprint density at radius 2 is 1.87 bits per heavy atom. The lowest BCUT2D eigenvalue weighted by molar-refractivity contribution is 0.0511. The van der Waals surface area contributed by atoms with E-state index in [1.807, 2.05) is 32.9 Å². The summed E-state index contributed by atoms with van der Waals surface area (Å²) in [5.74, 6) is 0. The Morgan fingerprint density at radius 3 is 2.43 bits per heavy atom. The SMILES string of the molecule is CCc1c(Sc2cc(C)cc(C)c2)n(OCCO)c(=O)[nH]c1=O. The topological polar surface area (TPSA) is 84.3 Å². The van der Waals surface area contributed by atoms with Gasteiger partial charge in [0.05, 0.1) is 12.2 Å². The second kappa shape index (κ2) is 7.52. The summed E-state index contributed by atoms with van der Waals surface area (Å²) in [7, 11) is 0. The number of aryl methyl sites for hydroxylation is 2. The minimum atomic E-state index is -0.646. The molecule has 0 unspecified atom stereocenters. The van der Waals surface area contributed by atoms with Gasteiger partial charge in [-0.25, -0.2) is 4.79 Å². The normalized spacial score (nSPS) is 10.8. The highest BCUT2D eigenvalue weighted by Gasteiger charge is 2.16. The molecule has 1 aromatic heterocycles. The molecule has 0 saturated carbocycles. The van der Waals surface area contributed by atoms with E-state index in [1.165, 1.54) is 11.8 Å². The van der Waals surface area contributed by atoms with E-state index >= 15 is 0 Å². The van der Waals surface area contributed by atoms with Gasteiger partial charge in [-0.05, 0) is 43.5 Å². The molecule has 0 aliphatic heterocycles. The monoisotopic (exact) mass is 336 g/mol. The highest BCUT2D eigenvalue weighted by Crippen LogP contribution is 2.29. The number of aromatic nitrogens is 2. The molecule has 0 aliphatic carbocycles. The van der Waals surface area contributed by atoms with Crippen LogP contribution in [0.2, 0.25) is 0 Å². The van der Waals surface area contributed by atoms with Crippen LogP contribution in [0.15, 0.2) is 37.7 Å². The van der Waals surface area contributed by atoms with E-state index in [1.54, 1.807) is 0 Å². The predicted octanol–water partition coefficient (Wildman–Crippen LogP) is 1.29. The molecule has 6 nitrogen and oxygen atoms in total. The van der Waals surface area contributed by atoms with Gasteiger partial charge in [0.25, 0.3) is 5.56 Å². The molecule has 0 radical (unpaired) electrons. The van der Waals surface area contributed by atoms with Gasteiger partial charge in [-0.1, -0.05) is 24.8 Å². The van der Waals surface area contributed by atoms with Crippen molar-refractivity contribution in [3.8, 4) is 0 Å². The Balaban J connectivity index is 2.57. The minimum Gasteiger partial charge on any atom is -0.406 e. The molecular weight excluding hydrogens is 316 g/mol. The van der Waals surface area contributed by atoms with Crippen LogP contribution in [-0.2, 0) is 6.42 Å². The quantitative estimate of drug-likeness (QED) is 0.777. The van der Waals surface area contributed by atoms with Crippen LogP contribution in [0.4, 0.5) is 0 Å². The molecule has 0 spiro atoms. The third kappa shape index (κ3) is 4.05. The Labute approximate surface area is 138 Å². The van der Waals surface area contributed by atoms with E-state index in [2.05, 4.69) is 11.1 Å². The van der Waals surface area contributed by atoms with Gasteiger partial charge in [0, 0.05) is 4.90 Å². The van der Waals surface area contributed by atoms with Crippen LogP contribution in [0.1, 0.15) is 23.6 Å². The van der Waals surface area contributed by atoms with Crippen molar-refractivity contribution in [3.63, 3.8) is 0 Å². The molecule has 23 heavy (non-hydrogen) atoms. The van der Waals surface area contributed by atoms with Crippen molar-refractivity contribution < 1.29 is 9.94 Å². The first-order valence-corrected chi connectivity index (χ1v) is 8.16. The second-order valence-corrected chi connectivity index (χ2v) is 6.24. The number of aliphatic hydroxyl groups excluding tert-OH is 1. The third-order valence-electron chi connectivity index (χ3n) is 3.20. The fourth-order valence-corrected chi connectivity index (χ4v) is 3.59. The Morgan fingerprint density at radius 1 is 1.22 bits per heavy atom. The molecule has 124 valence electrons.